The molecule has 0 radical (unpaired) electrons. The van der Waals surface area contributed by atoms with E-state index < -0.39 is 11.9 Å². The van der Waals surface area contributed by atoms with Crippen LogP contribution in [0.15, 0.2) is 35.7 Å². The predicted molar refractivity (Wildman–Crippen MR) is 113 cm³/mol. The van der Waals surface area contributed by atoms with Crippen LogP contribution in [-0.4, -0.2) is 32.1 Å². The summed E-state index contributed by atoms with van der Waals surface area (Å²) in [5, 5.41) is 4.97. The molecular formula is C22H24N2O4S. The first-order chi connectivity index (χ1) is 14.1. The highest BCUT2D eigenvalue weighted by molar-refractivity contribution is 7.10. The number of anilines is 1. The summed E-state index contributed by atoms with van der Waals surface area (Å²) in [6.45, 7) is 0. The molecule has 0 aliphatic heterocycles. The third kappa shape index (κ3) is 4.72. The van der Waals surface area contributed by atoms with Crippen molar-refractivity contribution in [3.63, 3.8) is 0 Å². The van der Waals surface area contributed by atoms with E-state index in [1.165, 1.54) is 30.5 Å². The third-order valence-electron chi connectivity index (χ3n) is 4.98. The van der Waals surface area contributed by atoms with Gasteiger partial charge in [0.2, 0.25) is 5.91 Å². The lowest BCUT2D eigenvalue weighted by atomic mass is 10.1. The standard InChI is InChI=1S/C22H24N2O4S/c1-4-20(25)24(16-12-17(27-2)14-18(13-16)28-3)21(19-10-7-11-29-19)22(26)23-15-8-5-6-9-15/h1,7,10-15,21H,5-6,8-9H2,2-3H3,(H,23,26). The van der Waals surface area contributed by atoms with E-state index in [-0.39, 0.29) is 11.9 Å². The summed E-state index contributed by atoms with van der Waals surface area (Å²) in [7, 11) is 3.05. The highest BCUT2D eigenvalue weighted by Crippen LogP contribution is 2.35. The van der Waals surface area contributed by atoms with Crippen LogP contribution < -0.4 is 19.7 Å². The van der Waals surface area contributed by atoms with E-state index in [1.807, 2.05) is 17.5 Å². The number of methoxy groups -OCH3 is 2. The van der Waals surface area contributed by atoms with Gasteiger partial charge < -0.3 is 14.8 Å². The molecule has 1 atom stereocenters. The lowest BCUT2D eigenvalue weighted by Gasteiger charge is -2.30. The van der Waals surface area contributed by atoms with Gasteiger partial charge in [-0.05, 0) is 30.2 Å². The summed E-state index contributed by atoms with van der Waals surface area (Å²) in [6.07, 6.45) is 9.55. The Morgan fingerprint density at radius 3 is 2.38 bits per heavy atom. The van der Waals surface area contributed by atoms with Crippen molar-refractivity contribution in [2.45, 2.75) is 37.8 Å². The molecule has 1 aliphatic rings. The first-order valence-corrected chi connectivity index (χ1v) is 10.3. The van der Waals surface area contributed by atoms with Crippen LogP contribution in [0.5, 0.6) is 11.5 Å². The van der Waals surface area contributed by atoms with Gasteiger partial charge in [0.25, 0.3) is 0 Å². The number of carbonyl (C=O) groups is 2. The van der Waals surface area contributed by atoms with Crippen molar-refractivity contribution < 1.29 is 19.1 Å². The Kier molecular flexibility index (Phi) is 6.78. The number of carbonyl (C=O) groups excluding carboxylic acids is 2. The smallest absolute Gasteiger partial charge is 0.303 e. The Hall–Kier alpha value is -2.98. The second kappa shape index (κ2) is 9.48. The number of hydrogen-bond acceptors (Lipinski definition) is 5. The maximum Gasteiger partial charge on any atom is 0.303 e. The van der Waals surface area contributed by atoms with Gasteiger partial charge in [0.1, 0.15) is 11.5 Å². The lowest BCUT2D eigenvalue weighted by Crippen LogP contribution is -2.45. The lowest BCUT2D eigenvalue weighted by molar-refractivity contribution is -0.125. The number of benzene rings is 1. The molecule has 0 saturated heterocycles. The van der Waals surface area contributed by atoms with Crippen LogP contribution in [0.4, 0.5) is 5.69 Å². The first-order valence-electron chi connectivity index (χ1n) is 9.44. The minimum absolute atomic E-state index is 0.118. The molecule has 1 aliphatic carbocycles. The maximum absolute atomic E-state index is 13.3. The molecule has 2 amide bonds. The molecule has 29 heavy (non-hydrogen) atoms. The van der Waals surface area contributed by atoms with Gasteiger partial charge in [0.15, 0.2) is 6.04 Å². The number of ether oxygens (including phenoxy) is 2. The summed E-state index contributed by atoms with van der Waals surface area (Å²) >= 11 is 1.40. The molecule has 1 heterocycles. The van der Waals surface area contributed by atoms with Crippen LogP contribution in [0.1, 0.15) is 36.6 Å². The van der Waals surface area contributed by atoms with Crippen LogP contribution in [0, 0.1) is 12.3 Å². The van der Waals surface area contributed by atoms with E-state index >= 15 is 0 Å². The number of nitrogens with zero attached hydrogens (tertiary/aromatic N) is 1. The van der Waals surface area contributed by atoms with Crippen LogP contribution in [0.2, 0.25) is 0 Å². The van der Waals surface area contributed by atoms with Crippen molar-refractivity contribution in [1.29, 1.82) is 0 Å². The number of terminal acetylenes is 1. The molecule has 152 valence electrons. The SMILES string of the molecule is C#CC(=O)N(c1cc(OC)cc(OC)c1)C(C(=O)NC1CCCC1)c1cccs1. The molecule has 1 aromatic heterocycles. The Morgan fingerprint density at radius 1 is 1.21 bits per heavy atom. The number of nitrogens with one attached hydrogen (secondary N) is 1. The van der Waals surface area contributed by atoms with E-state index in [0.717, 1.165) is 30.6 Å². The number of rotatable bonds is 7. The van der Waals surface area contributed by atoms with E-state index in [4.69, 9.17) is 15.9 Å². The highest BCUT2D eigenvalue weighted by Gasteiger charge is 2.35. The number of amides is 2. The van der Waals surface area contributed by atoms with Gasteiger partial charge in [-0.1, -0.05) is 18.9 Å². The average Bonchev–Trinajstić information content (AvgIpc) is 3.45. The quantitative estimate of drug-likeness (QED) is 0.707. The minimum atomic E-state index is -0.879. The van der Waals surface area contributed by atoms with Gasteiger partial charge >= 0.3 is 5.91 Å². The fourth-order valence-corrected chi connectivity index (χ4v) is 4.37. The molecule has 3 rings (SSSR count). The molecule has 1 fully saturated rings. The van der Waals surface area contributed by atoms with Crippen LogP contribution in [0.25, 0.3) is 0 Å². The van der Waals surface area contributed by atoms with E-state index in [9.17, 15) is 9.59 Å². The van der Waals surface area contributed by atoms with Crippen LogP contribution >= 0.6 is 11.3 Å². The number of hydrogen-bond donors (Lipinski definition) is 1. The molecule has 0 spiro atoms. The molecule has 6 nitrogen and oxygen atoms in total. The topological polar surface area (TPSA) is 67.9 Å². The van der Waals surface area contributed by atoms with Gasteiger partial charge in [-0.25, -0.2) is 0 Å². The minimum Gasteiger partial charge on any atom is -0.497 e. The molecule has 7 heteroatoms. The average molecular weight is 413 g/mol. The van der Waals surface area contributed by atoms with Crippen molar-refractivity contribution in [3.8, 4) is 23.8 Å². The zero-order chi connectivity index (χ0) is 20.8. The van der Waals surface area contributed by atoms with Gasteiger partial charge in [-0.15, -0.1) is 17.8 Å². The molecule has 2 aromatic rings. The molecule has 1 N–H and O–H groups in total. The summed E-state index contributed by atoms with van der Waals surface area (Å²) in [6, 6.07) is 7.95. The molecule has 1 aromatic carbocycles. The van der Waals surface area contributed by atoms with Crippen molar-refractivity contribution in [2.24, 2.45) is 0 Å². The van der Waals surface area contributed by atoms with Gasteiger partial charge in [-0.2, -0.15) is 0 Å². The van der Waals surface area contributed by atoms with Gasteiger partial charge in [0.05, 0.1) is 19.9 Å². The molecular weight excluding hydrogens is 388 g/mol. The normalized spacial score (nSPS) is 14.7. The van der Waals surface area contributed by atoms with Crippen molar-refractivity contribution in [3.05, 3.63) is 40.6 Å². The van der Waals surface area contributed by atoms with E-state index in [0.29, 0.717) is 17.2 Å². The van der Waals surface area contributed by atoms with Crippen molar-refractivity contribution in [1.82, 2.24) is 5.32 Å². The molecule has 1 unspecified atom stereocenters. The largest absolute Gasteiger partial charge is 0.497 e. The second-order valence-electron chi connectivity index (χ2n) is 6.80. The van der Waals surface area contributed by atoms with E-state index in [1.54, 1.807) is 18.2 Å². The monoisotopic (exact) mass is 412 g/mol. The zero-order valence-corrected chi connectivity index (χ0v) is 17.3. The molecule has 1 saturated carbocycles. The summed E-state index contributed by atoms with van der Waals surface area (Å²) in [5.74, 6) is 2.29. The predicted octanol–water partition coefficient (Wildman–Crippen LogP) is 3.53. The Bertz CT molecular complexity index is 876. The second-order valence-corrected chi connectivity index (χ2v) is 7.78. The third-order valence-corrected chi connectivity index (χ3v) is 5.90. The maximum atomic E-state index is 13.3. The van der Waals surface area contributed by atoms with Crippen LogP contribution in [0.3, 0.4) is 0 Å². The van der Waals surface area contributed by atoms with Gasteiger partial charge in [0, 0.05) is 29.1 Å². The van der Waals surface area contributed by atoms with Crippen molar-refractivity contribution in [2.75, 3.05) is 19.1 Å². The summed E-state index contributed by atoms with van der Waals surface area (Å²) in [5.41, 5.74) is 0.434. The Balaban J connectivity index is 2.06. The van der Waals surface area contributed by atoms with Crippen molar-refractivity contribution >= 4 is 28.8 Å². The van der Waals surface area contributed by atoms with Crippen LogP contribution in [-0.2, 0) is 9.59 Å². The Labute approximate surface area is 174 Å². The summed E-state index contributed by atoms with van der Waals surface area (Å²) in [4.78, 5) is 28.2. The number of thiophene rings is 1. The highest BCUT2D eigenvalue weighted by atomic mass is 32.1. The fraction of sp³-hybridized carbons (Fsp3) is 0.364. The van der Waals surface area contributed by atoms with Gasteiger partial charge in [-0.3, -0.25) is 14.5 Å². The first kappa shape index (κ1) is 20.7. The van der Waals surface area contributed by atoms with E-state index in [2.05, 4.69) is 11.2 Å². The zero-order valence-electron chi connectivity index (χ0n) is 16.5. The molecule has 0 bridgehead atoms. The Morgan fingerprint density at radius 2 is 1.86 bits per heavy atom. The summed E-state index contributed by atoms with van der Waals surface area (Å²) < 4.78 is 10.7. The fourth-order valence-electron chi connectivity index (χ4n) is 3.56.